The van der Waals surface area contributed by atoms with Crippen molar-refractivity contribution in [3.63, 3.8) is 0 Å². The van der Waals surface area contributed by atoms with Gasteiger partial charge < -0.3 is 10.4 Å². The quantitative estimate of drug-likeness (QED) is 0.769. The maximum absolute atomic E-state index is 12.4. The van der Waals surface area contributed by atoms with Crippen molar-refractivity contribution in [3.8, 4) is 0 Å². The number of hydrogen-bond acceptors (Lipinski definition) is 3. The molecule has 1 aromatic rings. The lowest BCUT2D eigenvalue weighted by Crippen LogP contribution is -2.41. The van der Waals surface area contributed by atoms with Crippen LogP contribution in [0.15, 0.2) is 24.3 Å². The number of aryl methyl sites for hydroxylation is 1. The molecule has 21 heavy (non-hydrogen) atoms. The highest BCUT2D eigenvalue weighted by Crippen LogP contribution is 2.16. The van der Waals surface area contributed by atoms with Crippen LogP contribution in [-0.4, -0.2) is 48.6 Å². The second-order valence-electron chi connectivity index (χ2n) is 5.00. The molecule has 1 aromatic carbocycles. The van der Waals surface area contributed by atoms with E-state index < -0.39 is 13.0 Å². The molecule has 0 saturated carbocycles. The van der Waals surface area contributed by atoms with E-state index >= 15 is 0 Å². The molecule has 0 heterocycles. The van der Waals surface area contributed by atoms with Gasteiger partial charge in [0, 0.05) is 6.54 Å². The molecule has 1 atom stereocenters. The van der Waals surface area contributed by atoms with Gasteiger partial charge in [-0.2, -0.15) is 0 Å². The molecule has 2 N–H and O–H groups in total. The van der Waals surface area contributed by atoms with Crippen molar-refractivity contribution < 1.29 is 18.7 Å². The van der Waals surface area contributed by atoms with Crippen LogP contribution in [0.2, 0.25) is 0 Å². The molecule has 1 rings (SSSR count). The monoisotopic (exact) mass is 300 g/mol. The Morgan fingerprint density at radius 1 is 1.38 bits per heavy atom. The molecular weight excluding hydrogens is 278 g/mol. The van der Waals surface area contributed by atoms with Gasteiger partial charge in [-0.05, 0) is 25.0 Å². The molecule has 0 radical (unpaired) electrons. The van der Waals surface area contributed by atoms with Crippen LogP contribution in [-0.2, 0) is 4.79 Å². The Hall–Kier alpha value is -1.53. The van der Waals surface area contributed by atoms with Crippen LogP contribution in [0.25, 0.3) is 0 Å². The van der Waals surface area contributed by atoms with E-state index in [0.717, 1.165) is 11.1 Å². The minimum atomic E-state index is -2.53. The van der Waals surface area contributed by atoms with Crippen LogP contribution in [0, 0.1) is 6.92 Å². The number of carbonyl (C=O) groups excluding carboxylic acids is 1. The van der Waals surface area contributed by atoms with E-state index in [1.54, 1.807) is 0 Å². The third kappa shape index (κ3) is 6.18. The van der Waals surface area contributed by atoms with Crippen LogP contribution in [0.5, 0.6) is 0 Å². The van der Waals surface area contributed by atoms with Gasteiger partial charge in [-0.15, -0.1) is 0 Å². The smallest absolute Gasteiger partial charge is 0.251 e. The number of nitrogens with one attached hydrogen (secondary N) is 1. The fraction of sp³-hybridized carbons (Fsp3) is 0.533. The summed E-state index contributed by atoms with van der Waals surface area (Å²) in [5.74, 6) is -0.333. The van der Waals surface area contributed by atoms with Crippen molar-refractivity contribution >= 4 is 5.91 Å². The van der Waals surface area contributed by atoms with E-state index in [1.165, 1.54) is 4.90 Å². The van der Waals surface area contributed by atoms with E-state index in [-0.39, 0.29) is 31.6 Å². The first kappa shape index (κ1) is 17.5. The van der Waals surface area contributed by atoms with E-state index in [1.807, 2.05) is 38.1 Å². The number of carbonyl (C=O) groups is 1. The molecule has 0 aliphatic carbocycles. The fourth-order valence-corrected chi connectivity index (χ4v) is 2.21. The number of amides is 1. The highest BCUT2D eigenvalue weighted by molar-refractivity contribution is 5.78. The third-order valence-electron chi connectivity index (χ3n) is 3.21. The predicted molar refractivity (Wildman–Crippen MR) is 77.3 cm³/mol. The molecular formula is C15H22F2N2O2. The lowest BCUT2D eigenvalue weighted by atomic mass is 10.0. The van der Waals surface area contributed by atoms with Crippen LogP contribution < -0.4 is 5.32 Å². The van der Waals surface area contributed by atoms with Gasteiger partial charge in [-0.3, -0.25) is 9.69 Å². The highest BCUT2D eigenvalue weighted by Gasteiger charge is 2.17. The molecule has 0 fully saturated rings. The lowest BCUT2D eigenvalue weighted by molar-refractivity contribution is -0.123. The van der Waals surface area contributed by atoms with Gasteiger partial charge in [-0.1, -0.05) is 24.3 Å². The summed E-state index contributed by atoms with van der Waals surface area (Å²) >= 11 is 0. The molecule has 0 aliphatic rings. The molecule has 0 spiro atoms. The summed E-state index contributed by atoms with van der Waals surface area (Å²) in [4.78, 5) is 13.2. The Kier molecular flexibility index (Phi) is 7.25. The molecule has 0 saturated heterocycles. The van der Waals surface area contributed by atoms with E-state index in [4.69, 9.17) is 5.11 Å². The highest BCUT2D eigenvalue weighted by atomic mass is 19.3. The van der Waals surface area contributed by atoms with E-state index in [2.05, 4.69) is 5.32 Å². The standard InChI is InChI=1S/C15H22F2N2O2/c1-11-5-3-4-6-13(11)12(2)18-15(21)10-19(7-8-20)9-14(16)17/h3-6,12,14,20H,7-10H2,1-2H3,(H,18,21). The first-order chi connectivity index (χ1) is 9.93. The van der Waals surface area contributed by atoms with Gasteiger partial charge in [0.25, 0.3) is 6.43 Å². The summed E-state index contributed by atoms with van der Waals surface area (Å²) < 4.78 is 24.8. The van der Waals surface area contributed by atoms with Crippen molar-refractivity contribution in [2.45, 2.75) is 26.3 Å². The van der Waals surface area contributed by atoms with Crippen LogP contribution in [0.3, 0.4) is 0 Å². The maximum Gasteiger partial charge on any atom is 0.251 e. The maximum atomic E-state index is 12.4. The number of rotatable bonds is 8. The molecule has 118 valence electrons. The minimum absolute atomic E-state index is 0.0521. The van der Waals surface area contributed by atoms with E-state index in [9.17, 15) is 13.6 Å². The molecule has 0 aliphatic heterocycles. The first-order valence-electron chi connectivity index (χ1n) is 6.90. The zero-order chi connectivity index (χ0) is 15.8. The average molecular weight is 300 g/mol. The lowest BCUT2D eigenvalue weighted by Gasteiger charge is -2.22. The van der Waals surface area contributed by atoms with Crippen LogP contribution in [0.1, 0.15) is 24.1 Å². The topological polar surface area (TPSA) is 52.6 Å². The van der Waals surface area contributed by atoms with Gasteiger partial charge in [0.05, 0.1) is 25.7 Å². The van der Waals surface area contributed by atoms with Gasteiger partial charge in [0.15, 0.2) is 0 Å². The summed E-state index contributed by atoms with van der Waals surface area (Å²) in [6, 6.07) is 7.48. The Bertz CT molecular complexity index is 455. The summed E-state index contributed by atoms with van der Waals surface area (Å²) in [7, 11) is 0. The SMILES string of the molecule is Cc1ccccc1C(C)NC(=O)CN(CCO)CC(F)F. The largest absolute Gasteiger partial charge is 0.395 e. The number of halogens is 2. The molecule has 1 amide bonds. The fourth-order valence-electron chi connectivity index (χ4n) is 2.21. The van der Waals surface area contributed by atoms with Crippen molar-refractivity contribution in [1.82, 2.24) is 10.2 Å². The normalized spacial score (nSPS) is 12.7. The van der Waals surface area contributed by atoms with Crippen LogP contribution >= 0.6 is 0 Å². The van der Waals surface area contributed by atoms with Crippen molar-refractivity contribution in [2.75, 3.05) is 26.2 Å². The van der Waals surface area contributed by atoms with Gasteiger partial charge in [-0.25, -0.2) is 8.78 Å². The number of benzene rings is 1. The first-order valence-corrected chi connectivity index (χ1v) is 6.90. The zero-order valence-corrected chi connectivity index (χ0v) is 12.4. The number of hydrogen-bond donors (Lipinski definition) is 2. The second kappa shape index (κ2) is 8.69. The summed E-state index contributed by atoms with van der Waals surface area (Å²) in [5.41, 5.74) is 2.05. The molecule has 4 nitrogen and oxygen atoms in total. The number of alkyl halides is 2. The van der Waals surface area contributed by atoms with Gasteiger partial charge in [0.2, 0.25) is 5.91 Å². The number of aliphatic hydroxyl groups is 1. The molecule has 0 aromatic heterocycles. The predicted octanol–water partition coefficient (Wildman–Crippen LogP) is 1.73. The average Bonchev–Trinajstić information content (AvgIpc) is 2.38. The summed E-state index contributed by atoms with van der Waals surface area (Å²) in [5, 5.41) is 11.6. The van der Waals surface area contributed by atoms with Gasteiger partial charge in [0.1, 0.15) is 0 Å². The Morgan fingerprint density at radius 3 is 2.62 bits per heavy atom. The minimum Gasteiger partial charge on any atom is -0.395 e. The Balaban J connectivity index is 2.57. The summed E-state index contributed by atoms with van der Waals surface area (Å²) in [6.07, 6.45) is -2.53. The Morgan fingerprint density at radius 2 is 2.05 bits per heavy atom. The van der Waals surface area contributed by atoms with Crippen molar-refractivity contribution in [1.29, 1.82) is 0 Å². The van der Waals surface area contributed by atoms with Crippen molar-refractivity contribution in [2.24, 2.45) is 0 Å². The zero-order valence-electron chi connectivity index (χ0n) is 12.4. The second-order valence-corrected chi connectivity index (χ2v) is 5.00. The summed E-state index contributed by atoms with van der Waals surface area (Å²) in [6.45, 7) is 2.92. The van der Waals surface area contributed by atoms with Gasteiger partial charge >= 0.3 is 0 Å². The third-order valence-corrected chi connectivity index (χ3v) is 3.21. The van der Waals surface area contributed by atoms with Crippen molar-refractivity contribution in [3.05, 3.63) is 35.4 Å². The number of nitrogens with zero attached hydrogens (tertiary/aromatic N) is 1. The Labute approximate surface area is 123 Å². The van der Waals surface area contributed by atoms with E-state index in [0.29, 0.717) is 0 Å². The number of aliphatic hydroxyl groups excluding tert-OH is 1. The molecule has 6 heteroatoms. The molecule has 1 unspecified atom stereocenters. The van der Waals surface area contributed by atoms with Crippen LogP contribution in [0.4, 0.5) is 8.78 Å². The molecule has 0 bridgehead atoms.